The Hall–Kier alpha value is -0.900. The number of nitrogens with one attached hydrogen (secondary N) is 1. The summed E-state index contributed by atoms with van der Waals surface area (Å²) in [6.45, 7) is 1.56. The molecule has 1 fully saturated rings. The summed E-state index contributed by atoms with van der Waals surface area (Å²) in [5.74, 6) is 0.0465. The van der Waals surface area contributed by atoms with Crippen molar-refractivity contribution in [3.05, 3.63) is 11.1 Å². The van der Waals surface area contributed by atoms with Gasteiger partial charge in [-0.05, 0) is 12.8 Å². The highest BCUT2D eigenvalue weighted by Crippen LogP contribution is 2.23. The molecule has 0 atom stereocenters. The van der Waals surface area contributed by atoms with Gasteiger partial charge in [0.05, 0.1) is 0 Å². The quantitative estimate of drug-likeness (QED) is 0.647. The number of carbonyl (C=O) groups excluding carboxylic acids is 1. The van der Waals surface area contributed by atoms with Gasteiger partial charge in [0.15, 0.2) is 10.9 Å². The van der Waals surface area contributed by atoms with Gasteiger partial charge in [-0.2, -0.15) is 0 Å². The van der Waals surface area contributed by atoms with Crippen LogP contribution in [0.15, 0.2) is 5.38 Å². The Bertz CT molecular complexity index is 354. The lowest BCUT2D eigenvalue weighted by Gasteiger charge is -2.14. The van der Waals surface area contributed by atoms with Crippen LogP contribution in [0, 0.1) is 0 Å². The average Bonchev–Trinajstić information content (AvgIpc) is 2.56. The number of hydrogen-bond acceptors (Lipinski definition) is 4. The average molecular weight is 238 g/mol. The van der Waals surface area contributed by atoms with Crippen molar-refractivity contribution in [3.8, 4) is 0 Å². The minimum Gasteiger partial charge on any atom is -0.359 e. The van der Waals surface area contributed by atoms with E-state index in [0.29, 0.717) is 11.7 Å². The third-order valence-electron chi connectivity index (χ3n) is 3.05. The van der Waals surface area contributed by atoms with Crippen LogP contribution >= 0.6 is 11.3 Å². The first-order valence-electron chi connectivity index (χ1n) is 5.99. The maximum Gasteiger partial charge on any atom is 0.183 e. The molecule has 0 unspecified atom stereocenters. The molecule has 0 spiro atoms. The molecule has 1 aromatic rings. The maximum absolute atomic E-state index is 11.1. The molecular weight excluding hydrogens is 220 g/mol. The molecule has 1 saturated carbocycles. The van der Waals surface area contributed by atoms with Crippen molar-refractivity contribution in [1.82, 2.24) is 4.98 Å². The third kappa shape index (κ3) is 3.04. The lowest BCUT2D eigenvalue weighted by atomic mass is 10.1. The summed E-state index contributed by atoms with van der Waals surface area (Å²) in [6.07, 6.45) is 7.79. The molecule has 16 heavy (non-hydrogen) atoms. The van der Waals surface area contributed by atoms with Gasteiger partial charge >= 0.3 is 0 Å². The molecular formula is C12H18N2OS. The monoisotopic (exact) mass is 238 g/mol. The Kier molecular flexibility index (Phi) is 3.93. The fraction of sp³-hybridized carbons (Fsp3) is 0.667. The van der Waals surface area contributed by atoms with E-state index < -0.39 is 0 Å². The Morgan fingerprint density at radius 1 is 1.38 bits per heavy atom. The minimum atomic E-state index is 0.0465. The number of anilines is 1. The molecule has 0 aliphatic heterocycles. The zero-order valence-electron chi connectivity index (χ0n) is 9.66. The fourth-order valence-electron chi connectivity index (χ4n) is 2.10. The molecule has 1 heterocycles. The molecule has 0 aromatic carbocycles. The van der Waals surface area contributed by atoms with E-state index in [-0.39, 0.29) is 5.78 Å². The number of aromatic nitrogens is 1. The molecule has 0 bridgehead atoms. The topological polar surface area (TPSA) is 42.0 Å². The first-order valence-corrected chi connectivity index (χ1v) is 6.86. The van der Waals surface area contributed by atoms with E-state index >= 15 is 0 Å². The van der Waals surface area contributed by atoms with Crippen LogP contribution < -0.4 is 5.32 Å². The van der Waals surface area contributed by atoms with Gasteiger partial charge in [-0.15, -0.1) is 11.3 Å². The van der Waals surface area contributed by atoms with Crippen molar-refractivity contribution in [1.29, 1.82) is 0 Å². The van der Waals surface area contributed by atoms with Crippen LogP contribution in [0.1, 0.15) is 55.9 Å². The summed E-state index contributed by atoms with van der Waals surface area (Å²) < 4.78 is 0. The zero-order chi connectivity index (χ0) is 11.4. The Morgan fingerprint density at radius 2 is 2.06 bits per heavy atom. The molecule has 0 amide bonds. The van der Waals surface area contributed by atoms with Gasteiger partial charge in [0.1, 0.15) is 5.69 Å². The van der Waals surface area contributed by atoms with Crippen molar-refractivity contribution >= 4 is 22.3 Å². The molecule has 1 aliphatic rings. The second-order valence-corrected chi connectivity index (χ2v) is 5.29. The lowest BCUT2D eigenvalue weighted by molar-refractivity contribution is 0.101. The number of ketones is 1. The van der Waals surface area contributed by atoms with Gasteiger partial charge < -0.3 is 5.32 Å². The van der Waals surface area contributed by atoms with Gasteiger partial charge in [0.2, 0.25) is 0 Å². The van der Waals surface area contributed by atoms with Gasteiger partial charge in [0.25, 0.3) is 0 Å². The van der Waals surface area contributed by atoms with Gasteiger partial charge in [0, 0.05) is 18.3 Å². The van der Waals surface area contributed by atoms with Crippen LogP contribution in [0.4, 0.5) is 5.13 Å². The highest BCUT2D eigenvalue weighted by Gasteiger charge is 2.14. The summed E-state index contributed by atoms with van der Waals surface area (Å²) in [4.78, 5) is 15.4. The molecule has 2 rings (SSSR count). The van der Waals surface area contributed by atoms with Crippen molar-refractivity contribution in [2.75, 3.05) is 5.32 Å². The zero-order valence-corrected chi connectivity index (χ0v) is 10.5. The summed E-state index contributed by atoms with van der Waals surface area (Å²) in [5, 5.41) is 6.19. The SMILES string of the molecule is CC(=O)c1csc(NC2CCCCCC2)n1. The number of rotatable bonds is 3. The predicted molar refractivity (Wildman–Crippen MR) is 67.2 cm³/mol. The third-order valence-corrected chi connectivity index (χ3v) is 3.82. The second kappa shape index (κ2) is 5.43. The van der Waals surface area contributed by atoms with Crippen LogP contribution in [0.3, 0.4) is 0 Å². The largest absolute Gasteiger partial charge is 0.359 e. The van der Waals surface area contributed by atoms with Crippen LogP contribution in [0.5, 0.6) is 0 Å². The van der Waals surface area contributed by atoms with E-state index in [9.17, 15) is 4.79 Å². The van der Waals surface area contributed by atoms with Crippen molar-refractivity contribution in [2.45, 2.75) is 51.5 Å². The standard InChI is InChI=1S/C12H18N2OS/c1-9(15)11-8-16-12(14-11)13-10-6-4-2-3-5-7-10/h8,10H,2-7H2,1H3,(H,13,14). The molecule has 1 aliphatic carbocycles. The first kappa shape index (κ1) is 11.6. The number of carbonyl (C=O) groups is 1. The summed E-state index contributed by atoms with van der Waals surface area (Å²) in [7, 11) is 0. The maximum atomic E-state index is 11.1. The molecule has 1 aromatic heterocycles. The Labute approximate surface area is 100 Å². The van der Waals surface area contributed by atoms with Crippen molar-refractivity contribution in [2.24, 2.45) is 0 Å². The van der Waals surface area contributed by atoms with Crippen LogP contribution in [0.2, 0.25) is 0 Å². The lowest BCUT2D eigenvalue weighted by Crippen LogP contribution is -2.18. The van der Waals surface area contributed by atoms with E-state index in [1.54, 1.807) is 6.92 Å². The smallest absolute Gasteiger partial charge is 0.183 e. The molecule has 4 heteroatoms. The molecule has 88 valence electrons. The minimum absolute atomic E-state index is 0.0465. The molecule has 0 saturated heterocycles. The van der Waals surface area contributed by atoms with Gasteiger partial charge in [-0.25, -0.2) is 4.98 Å². The van der Waals surface area contributed by atoms with Crippen molar-refractivity contribution in [3.63, 3.8) is 0 Å². The fourth-order valence-corrected chi connectivity index (χ4v) is 2.93. The normalized spacial score (nSPS) is 18.1. The highest BCUT2D eigenvalue weighted by molar-refractivity contribution is 7.13. The number of nitrogens with zero attached hydrogens (tertiary/aromatic N) is 1. The number of Topliss-reactive ketones (excluding diaryl/α,β-unsaturated/α-hetero) is 1. The predicted octanol–water partition coefficient (Wildman–Crippen LogP) is 3.48. The van der Waals surface area contributed by atoms with Crippen LogP contribution in [0.25, 0.3) is 0 Å². The first-order chi connectivity index (χ1) is 7.75. The van der Waals surface area contributed by atoms with Crippen LogP contribution in [-0.4, -0.2) is 16.8 Å². The van der Waals surface area contributed by atoms with E-state index in [4.69, 9.17) is 0 Å². The second-order valence-electron chi connectivity index (χ2n) is 4.43. The van der Waals surface area contributed by atoms with E-state index in [1.807, 2.05) is 5.38 Å². The summed E-state index contributed by atoms with van der Waals surface area (Å²) in [5.41, 5.74) is 0.584. The van der Waals surface area contributed by atoms with Gasteiger partial charge in [-0.1, -0.05) is 25.7 Å². The Morgan fingerprint density at radius 3 is 2.62 bits per heavy atom. The molecule has 1 N–H and O–H groups in total. The number of hydrogen-bond donors (Lipinski definition) is 1. The van der Waals surface area contributed by atoms with E-state index in [0.717, 1.165) is 5.13 Å². The molecule has 0 radical (unpaired) electrons. The molecule has 3 nitrogen and oxygen atoms in total. The van der Waals surface area contributed by atoms with E-state index in [2.05, 4.69) is 10.3 Å². The summed E-state index contributed by atoms with van der Waals surface area (Å²) in [6, 6.07) is 0.549. The van der Waals surface area contributed by atoms with E-state index in [1.165, 1.54) is 49.9 Å². The van der Waals surface area contributed by atoms with Crippen molar-refractivity contribution < 1.29 is 4.79 Å². The summed E-state index contributed by atoms with van der Waals surface area (Å²) >= 11 is 1.54. The Balaban J connectivity index is 1.94. The number of thiazole rings is 1. The highest BCUT2D eigenvalue weighted by atomic mass is 32.1. The van der Waals surface area contributed by atoms with Gasteiger partial charge in [-0.3, -0.25) is 4.79 Å². The van der Waals surface area contributed by atoms with Crippen LogP contribution in [-0.2, 0) is 0 Å².